The zero-order valence-corrected chi connectivity index (χ0v) is 16.3. The van der Waals surface area contributed by atoms with E-state index in [0.29, 0.717) is 16.5 Å². The zero-order chi connectivity index (χ0) is 18.7. The fourth-order valence-electron chi connectivity index (χ4n) is 3.20. The van der Waals surface area contributed by atoms with Crippen LogP contribution in [0, 0.1) is 12.8 Å². The van der Waals surface area contributed by atoms with Gasteiger partial charge in [-0.2, -0.15) is 0 Å². The summed E-state index contributed by atoms with van der Waals surface area (Å²) in [5.41, 5.74) is 3.09. The van der Waals surface area contributed by atoms with Crippen molar-refractivity contribution in [1.82, 2.24) is 0 Å². The number of esters is 1. The van der Waals surface area contributed by atoms with Gasteiger partial charge in [0.25, 0.3) is 5.91 Å². The van der Waals surface area contributed by atoms with Crippen LogP contribution in [0.25, 0.3) is 0 Å². The van der Waals surface area contributed by atoms with Crippen molar-refractivity contribution in [3.63, 3.8) is 0 Å². The molecule has 138 valence electrons. The Morgan fingerprint density at radius 3 is 2.73 bits per heavy atom. The molecular formula is C21H25NO3S. The van der Waals surface area contributed by atoms with Crippen LogP contribution in [-0.4, -0.2) is 18.0 Å². The molecule has 1 aliphatic rings. The van der Waals surface area contributed by atoms with Gasteiger partial charge in [-0.15, -0.1) is 11.3 Å². The molecule has 0 saturated heterocycles. The van der Waals surface area contributed by atoms with Crippen molar-refractivity contribution in [2.75, 3.05) is 5.32 Å². The van der Waals surface area contributed by atoms with E-state index in [2.05, 4.69) is 12.2 Å². The Morgan fingerprint density at radius 1 is 1.31 bits per heavy atom. The van der Waals surface area contributed by atoms with Crippen LogP contribution in [0.3, 0.4) is 0 Å². The van der Waals surface area contributed by atoms with Crippen LogP contribution in [0.2, 0.25) is 0 Å². The van der Waals surface area contributed by atoms with Crippen molar-refractivity contribution in [3.8, 4) is 0 Å². The molecule has 1 heterocycles. The topological polar surface area (TPSA) is 55.4 Å². The number of anilines is 1. The molecule has 0 saturated carbocycles. The molecule has 1 aliphatic carbocycles. The van der Waals surface area contributed by atoms with Crippen LogP contribution >= 0.6 is 11.3 Å². The number of benzene rings is 1. The highest BCUT2D eigenvalue weighted by Gasteiger charge is 2.25. The molecular weight excluding hydrogens is 346 g/mol. The van der Waals surface area contributed by atoms with Crippen LogP contribution in [-0.2, 0) is 22.4 Å². The molecule has 0 aliphatic heterocycles. The summed E-state index contributed by atoms with van der Waals surface area (Å²) in [5.74, 6) is -0.0289. The standard InChI is InChI=1S/C21H25NO3S/c1-4-15-7-10-18-16(11-15)12-19(26-18)21(24)25-14(3)20(23)22-17-8-5-13(2)6-9-17/h5-6,8-9,12,14-15H,4,7,10-11H2,1-3H3,(H,22,23)/t14-,15+/m1/s1. The van der Waals surface area contributed by atoms with E-state index in [1.807, 2.05) is 37.3 Å². The van der Waals surface area contributed by atoms with Gasteiger partial charge < -0.3 is 10.1 Å². The molecule has 1 aromatic carbocycles. The van der Waals surface area contributed by atoms with Crippen molar-refractivity contribution < 1.29 is 14.3 Å². The van der Waals surface area contributed by atoms with Crippen molar-refractivity contribution >= 4 is 28.9 Å². The van der Waals surface area contributed by atoms with Gasteiger partial charge in [0.2, 0.25) is 0 Å². The van der Waals surface area contributed by atoms with E-state index in [-0.39, 0.29) is 5.91 Å². The lowest BCUT2D eigenvalue weighted by Crippen LogP contribution is -2.29. The number of nitrogens with one attached hydrogen (secondary N) is 1. The Labute approximate surface area is 158 Å². The number of hydrogen-bond acceptors (Lipinski definition) is 4. The van der Waals surface area contributed by atoms with Gasteiger partial charge in [0.05, 0.1) is 0 Å². The van der Waals surface area contributed by atoms with Crippen molar-refractivity contribution in [2.24, 2.45) is 5.92 Å². The van der Waals surface area contributed by atoms with E-state index in [4.69, 9.17) is 4.74 Å². The second kappa shape index (κ2) is 8.04. The third-order valence-corrected chi connectivity index (χ3v) is 6.15. The number of carbonyl (C=O) groups is 2. The first-order valence-corrected chi connectivity index (χ1v) is 9.98. The summed E-state index contributed by atoms with van der Waals surface area (Å²) in [4.78, 5) is 26.6. The van der Waals surface area contributed by atoms with Crippen LogP contribution < -0.4 is 5.32 Å². The number of rotatable bonds is 5. The fraction of sp³-hybridized carbons (Fsp3) is 0.429. The molecule has 26 heavy (non-hydrogen) atoms. The lowest BCUT2D eigenvalue weighted by molar-refractivity contribution is -0.123. The Bertz CT molecular complexity index is 794. The Hall–Kier alpha value is -2.14. The van der Waals surface area contributed by atoms with Gasteiger partial charge in [0, 0.05) is 10.6 Å². The second-order valence-electron chi connectivity index (χ2n) is 6.98. The molecule has 2 atom stereocenters. The molecule has 2 aromatic rings. The van der Waals surface area contributed by atoms with E-state index in [0.717, 1.165) is 18.4 Å². The largest absolute Gasteiger partial charge is 0.448 e. The molecule has 0 bridgehead atoms. The van der Waals surface area contributed by atoms with E-state index in [1.54, 1.807) is 6.92 Å². The van der Waals surface area contributed by atoms with Crippen LogP contribution in [0.15, 0.2) is 30.3 Å². The number of carbonyl (C=O) groups excluding carboxylic acids is 2. The SMILES string of the molecule is CC[C@H]1CCc2sc(C(=O)O[C@H](C)C(=O)Nc3ccc(C)cc3)cc2C1. The van der Waals surface area contributed by atoms with E-state index in [9.17, 15) is 9.59 Å². The van der Waals surface area contributed by atoms with Gasteiger partial charge in [0.1, 0.15) is 4.88 Å². The van der Waals surface area contributed by atoms with Crippen LogP contribution in [0.4, 0.5) is 5.69 Å². The molecule has 0 unspecified atom stereocenters. The van der Waals surface area contributed by atoms with Crippen LogP contribution in [0.5, 0.6) is 0 Å². The van der Waals surface area contributed by atoms with Gasteiger partial charge in [-0.05, 0) is 62.8 Å². The maximum Gasteiger partial charge on any atom is 0.349 e. The van der Waals surface area contributed by atoms with Gasteiger partial charge in [-0.3, -0.25) is 4.79 Å². The minimum atomic E-state index is -0.841. The first-order valence-electron chi connectivity index (χ1n) is 9.16. The maximum absolute atomic E-state index is 12.4. The minimum Gasteiger partial charge on any atom is -0.448 e. The molecule has 1 amide bonds. The summed E-state index contributed by atoms with van der Waals surface area (Å²) >= 11 is 1.51. The summed E-state index contributed by atoms with van der Waals surface area (Å²) < 4.78 is 5.38. The second-order valence-corrected chi connectivity index (χ2v) is 8.12. The summed E-state index contributed by atoms with van der Waals surface area (Å²) in [5, 5.41) is 2.78. The van der Waals surface area contributed by atoms with Gasteiger partial charge >= 0.3 is 5.97 Å². The molecule has 4 nitrogen and oxygen atoms in total. The molecule has 1 N–H and O–H groups in total. The number of aryl methyl sites for hydroxylation is 2. The number of hydrogen-bond donors (Lipinski definition) is 1. The lowest BCUT2D eigenvalue weighted by Gasteiger charge is -2.19. The summed E-state index contributed by atoms with van der Waals surface area (Å²) in [6.45, 7) is 5.80. The van der Waals surface area contributed by atoms with Gasteiger partial charge in [-0.1, -0.05) is 31.0 Å². The lowest BCUT2D eigenvalue weighted by atomic mass is 9.87. The predicted molar refractivity (Wildman–Crippen MR) is 105 cm³/mol. The zero-order valence-electron chi connectivity index (χ0n) is 15.5. The highest BCUT2D eigenvalue weighted by molar-refractivity contribution is 7.14. The average Bonchev–Trinajstić information content (AvgIpc) is 3.06. The minimum absolute atomic E-state index is 0.324. The monoisotopic (exact) mass is 371 g/mol. The summed E-state index contributed by atoms with van der Waals surface area (Å²) in [6.07, 6.45) is 3.60. The summed E-state index contributed by atoms with van der Waals surface area (Å²) in [7, 11) is 0. The third-order valence-electron chi connectivity index (χ3n) is 4.94. The number of fused-ring (bicyclic) bond motifs is 1. The molecule has 1 aromatic heterocycles. The van der Waals surface area contributed by atoms with E-state index >= 15 is 0 Å². The fourth-order valence-corrected chi connectivity index (χ4v) is 4.29. The quantitative estimate of drug-likeness (QED) is 0.771. The smallest absolute Gasteiger partial charge is 0.349 e. The normalized spacial score (nSPS) is 17.3. The number of amides is 1. The van der Waals surface area contributed by atoms with E-state index < -0.39 is 12.1 Å². The van der Waals surface area contributed by atoms with Crippen LogP contribution in [0.1, 0.15) is 52.4 Å². The highest BCUT2D eigenvalue weighted by atomic mass is 32.1. The van der Waals surface area contributed by atoms with Gasteiger partial charge in [-0.25, -0.2) is 4.79 Å². The first kappa shape index (κ1) is 18.6. The van der Waals surface area contributed by atoms with Crippen molar-refractivity contribution in [3.05, 3.63) is 51.2 Å². The third kappa shape index (κ3) is 4.33. The highest BCUT2D eigenvalue weighted by Crippen LogP contribution is 2.33. The Balaban J connectivity index is 1.59. The molecule has 0 spiro atoms. The molecule has 3 rings (SSSR count). The Morgan fingerprint density at radius 2 is 2.04 bits per heavy atom. The molecule has 5 heteroatoms. The predicted octanol–water partition coefficient (Wildman–Crippen LogP) is 4.76. The first-order chi connectivity index (χ1) is 12.5. The van der Waals surface area contributed by atoms with E-state index in [1.165, 1.54) is 34.6 Å². The van der Waals surface area contributed by atoms with Gasteiger partial charge in [0.15, 0.2) is 6.10 Å². The molecule has 0 fully saturated rings. The van der Waals surface area contributed by atoms with Crippen molar-refractivity contribution in [2.45, 2.75) is 52.6 Å². The number of ether oxygens (including phenoxy) is 1. The number of thiophene rings is 1. The molecule has 0 radical (unpaired) electrons. The maximum atomic E-state index is 12.4. The summed E-state index contributed by atoms with van der Waals surface area (Å²) in [6, 6.07) is 9.46. The average molecular weight is 372 g/mol. The van der Waals surface area contributed by atoms with Crippen molar-refractivity contribution in [1.29, 1.82) is 0 Å². The Kier molecular flexibility index (Phi) is 5.77.